The lowest BCUT2D eigenvalue weighted by atomic mass is 10.2. The number of amides is 2. The Balaban J connectivity index is 1.56. The molecule has 3 rings (SSSR count). The van der Waals surface area contributed by atoms with E-state index in [-0.39, 0.29) is 22.4 Å². The molecule has 0 fully saturated rings. The maximum atomic E-state index is 12.5. The SMILES string of the molecule is COc1ccc(Cl)cc1C(=O)Nc1nnc(SCC(=O)Nc2ccc(Cl)c(Cl)c2)s1. The molecule has 0 bridgehead atoms. The molecule has 2 N–H and O–H groups in total. The first-order chi connectivity index (χ1) is 14.4. The van der Waals surface area contributed by atoms with Gasteiger partial charge in [-0.25, -0.2) is 0 Å². The summed E-state index contributed by atoms with van der Waals surface area (Å²) in [5, 5.41) is 14.7. The van der Waals surface area contributed by atoms with Crippen molar-refractivity contribution >= 4 is 80.5 Å². The van der Waals surface area contributed by atoms with Crippen LogP contribution in [0.25, 0.3) is 0 Å². The lowest BCUT2D eigenvalue weighted by Crippen LogP contribution is -2.13. The third-order valence-corrected chi connectivity index (χ3v) is 6.51. The van der Waals surface area contributed by atoms with Crippen molar-refractivity contribution in [2.75, 3.05) is 23.5 Å². The minimum atomic E-state index is -0.431. The third kappa shape index (κ3) is 5.99. The largest absolute Gasteiger partial charge is 0.496 e. The molecule has 0 spiro atoms. The van der Waals surface area contributed by atoms with Gasteiger partial charge in [0, 0.05) is 10.7 Å². The first-order valence-corrected chi connectivity index (χ1v) is 11.2. The van der Waals surface area contributed by atoms with Crippen LogP contribution in [0.3, 0.4) is 0 Å². The molecule has 0 atom stereocenters. The molecule has 30 heavy (non-hydrogen) atoms. The van der Waals surface area contributed by atoms with Crippen molar-refractivity contribution in [3.05, 3.63) is 57.0 Å². The standard InChI is InChI=1S/C18H13Cl3N4O3S2/c1-28-14-5-2-9(19)6-11(14)16(27)23-17-24-25-18(30-17)29-8-15(26)22-10-3-4-12(20)13(21)7-10/h2-7H,8H2,1H3,(H,22,26)(H,23,24,27). The highest BCUT2D eigenvalue weighted by Crippen LogP contribution is 2.29. The van der Waals surface area contributed by atoms with Gasteiger partial charge in [0.1, 0.15) is 5.75 Å². The van der Waals surface area contributed by atoms with Crippen molar-refractivity contribution in [2.24, 2.45) is 0 Å². The number of nitrogens with zero attached hydrogens (tertiary/aromatic N) is 2. The number of nitrogens with one attached hydrogen (secondary N) is 2. The van der Waals surface area contributed by atoms with Gasteiger partial charge in [0.2, 0.25) is 11.0 Å². The van der Waals surface area contributed by atoms with Crippen LogP contribution in [-0.4, -0.2) is 34.9 Å². The molecule has 0 aliphatic rings. The molecule has 12 heteroatoms. The Kier molecular flexibility index (Phi) is 7.79. The number of carbonyl (C=O) groups is 2. The van der Waals surface area contributed by atoms with Gasteiger partial charge < -0.3 is 10.1 Å². The van der Waals surface area contributed by atoms with Gasteiger partial charge in [0.25, 0.3) is 5.91 Å². The molecular weight excluding hydrogens is 491 g/mol. The molecule has 7 nitrogen and oxygen atoms in total. The number of halogens is 3. The summed E-state index contributed by atoms with van der Waals surface area (Å²) < 4.78 is 5.70. The molecule has 0 aliphatic heterocycles. The normalized spacial score (nSPS) is 10.5. The molecule has 156 valence electrons. The highest BCUT2D eigenvalue weighted by Gasteiger charge is 2.16. The Hall–Kier alpha value is -2.04. The summed E-state index contributed by atoms with van der Waals surface area (Å²) in [5.41, 5.74) is 0.811. The Morgan fingerprint density at radius 1 is 1.07 bits per heavy atom. The fraction of sp³-hybridized carbons (Fsp3) is 0.111. The summed E-state index contributed by atoms with van der Waals surface area (Å²) in [6, 6.07) is 9.54. The van der Waals surface area contributed by atoms with E-state index in [1.165, 1.54) is 24.9 Å². The second-order valence-corrected chi connectivity index (χ2v) is 9.09. The van der Waals surface area contributed by atoms with Crippen LogP contribution in [-0.2, 0) is 4.79 Å². The molecule has 0 saturated carbocycles. The van der Waals surface area contributed by atoms with Crippen LogP contribution < -0.4 is 15.4 Å². The predicted octanol–water partition coefficient (Wildman–Crippen LogP) is 5.49. The first-order valence-electron chi connectivity index (χ1n) is 8.22. The molecule has 2 aromatic carbocycles. The van der Waals surface area contributed by atoms with E-state index in [9.17, 15) is 9.59 Å². The zero-order chi connectivity index (χ0) is 21.7. The molecule has 2 amide bonds. The van der Waals surface area contributed by atoms with E-state index in [1.54, 1.807) is 30.3 Å². The fourth-order valence-electron chi connectivity index (χ4n) is 2.24. The van der Waals surface area contributed by atoms with Crippen LogP contribution >= 0.6 is 57.9 Å². The second-order valence-electron chi connectivity index (χ2n) is 5.64. The number of aromatic nitrogens is 2. The number of rotatable bonds is 7. The van der Waals surface area contributed by atoms with Crippen LogP contribution in [0.5, 0.6) is 5.75 Å². The number of carbonyl (C=O) groups excluding carboxylic acids is 2. The van der Waals surface area contributed by atoms with Crippen LogP contribution in [0, 0.1) is 0 Å². The monoisotopic (exact) mass is 502 g/mol. The molecule has 1 aromatic heterocycles. The molecule has 0 radical (unpaired) electrons. The third-order valence-electron chi connectivity index (χ3n) is 3.56. The molecule has 3 aromatic rings. The Morgan fingerprint density at radius 3 is 2.60 bits per heavy atom. The van der Waals surface area contributed by atoms with Crippen molar-refractivity contribution in [1.82, 2.24) is 10.2 Å². The van der Waals surface area contributed by atoms with E-state index in [1.807, 2.05) is 0 Å². The number of thioether (sulfide) groups is 1. The summed E-state index contributed by atoms with van der Waals surface area (Å²) in [5.74, 6) is -0.192. The van der Waals surface area contributed by atoms with E-state index < -0.39 is 5.91 Å². The van der Waals surface area contributed by atoms with Gasteiger partial charge in [-0.1, -0.05) is 57.9 Å². The van der Waals surface area contributed by atoms with E-state index in [0.29, 0.717) is 30.8 Å². The molecule has 0 aliphatic carbocycles. The molecule has 1 heterocycles. The smallest absolute Gasteiger partial charge is 0.261 e. The van der Waals surface area contributed by atoms with Crippen LogP contribution in [0.1, 0.15) is 10.4 Å². The second kappa shape index (κ2) is 10.3. The van der Waals surface area contributed by atoms with Gasteiger partial charge in [-0.05, 0) is 36.4 Å². The van der Waals surface area contributed by atoms with Gasteiger partial charge in [-0.2, -0.15) is 0 Å². The van der Waals surface area contributed by atoms with Gasteiger partial charge in [-0.3, -0.25) is 14.9 Å². The number of anilines is 2. The van der Waals surface area contributed by atoms with Crippen molar-refractivity contribution in [1.29, 1.82) is 0 Å². The lowest BCUT2D eigenvalue weighted by molar-refractivity contribution is -0.113. The summed E-state index contributed by atoms with van der Waals surface area (Å²) in [7, 11) is 1.46. The summed E-state index contributed by atoms with van der Waals surface area (Å²) >= 11 is 20.1. The van der Waals surface area contributed by atoms with Gasteiger partial charge in [-0.15, -0.1) is 10.2 Å². The fourth-order valence-corrected chi connectivity index (χ4v) is 4.26. The first kappa shape index (κ1) is 22.6. The minimum absolute atomic E-state index is 0.102. The van der Waals surface area contributed by atoms with E-state index >= 15 is 0 Å². The van der Waals surface area contributed by atoms with Crippen molar-refractivity contribution in [3.8, 4) is 5.75 Å². The van der Waals surface area contributed by atoms with Crippen LogP contribution in [0.4, 0.5) is 10.8 Å². The van der Waals surface area contributed by atoms with Crippen molar-refractivity contribution < 1.29 is 14.3 Å². The summed E-state index contributed by atoms with van der Waals surface area (Å²) in [6.45, 7) is 0. The number of benzene rings is 2. The van der Waals surface area contributed by atoms with Crippen molar-refractivity contribution in [2.45, 2.75) is 4.34 Å². The maximum Gasteiger partial charge on any atom is 0.261 e. The van der Waals surface area contributed by atoms with E-state index in [0.717, 1.165) is 11.3 Å². The molecular formula is C18H13Cl3N4O3S2. The Morgan fingerprint density at radius 2 is 1.87 bits per heavy atom. The van der Waals surface area contributed by atoms with Crippen molar-refractivity contribution in [3.63, 3.8) is 0 Å². The number of hydrogen-bond acceptors (Lipinski definition) is 7. The lowest BCUT2D eigenvalue weighted by Gasteiger charge is -2.07. The molecule has 0 unspecified atom stereocenters. The number of ether oxygens (including phenoxy) is 1. The van der Waals surface area contributed by atoms with Gasteiger partial charge >= 0.3 is 0 Å². The van der Waals surface area contributed by atoms with E-state index in [4.69, 9.17) is 39.5 Å². The van der Waals surface area contributed by atoms with Crippen LogP contribution in [0.15, 0.2) is 40.7 Å². The summed E-state index contributed by atoms with van der Waals surface area (Å²) in [4.78, 5) is 24.6. The highest BCUT2D eigenvalue weighted by atomic mass is 35.5. The minimum Gasteiger partial charge on any atom is -0.496 e. The van der Waals surface area contributed by atoms with Gasteiger partial charge in [0.15, 0.2) is 4.34 Å². The zero-order valence-corrected chi connectivity index (χ0v) is 19.1. The quantitative estimate of drug-likeness (QED) is 0.327. The topological polar surface area (TPSA) is 93.2 Å². The summed E-state index contributed by atoms with van der Waals surface area (Å²) in [6.07, 6.45) is 0. The average molecular weight is 504 g/mol. The van der Waals surface area contributed by atoms with E-state index in [2.05, 4.69) is 20.8 Å². The maximum absolute atomic E-state index is 12.5. The number of methoxy groups -OCH3 is 1. The van der Waals surface area contributed by atoms with Crippen LogP contribution in [0.2, 0.25) is 15.1 Å². The average Bonchev–Trinajstić information content (AvgIpc) is 3.16. The Labute approximate surface area is 195 Å². The predicted molar refractivity (Wildman–Crippen MR) is 122 cm³/mol. The number of hydrogen-bond donors (Lipinski definition) is 2. The zero-order valence-electron chi connectivity index (χ0n) is 15.2. The highest BCUT2D eigenvalue weighted by molar-refractivity contribution is 8.01. The Bertz CT molecular complexity index is 1090. The molecule has 0 saturated heterocycles. The van der Waals surface area contributed by atoms with Gasteiger partial charge in [0.05, 0.1) is 28.5 Å².